The van der Waals surface area contributed by atoms with Crippen LogP contribution in [0.5, 0.6) is 0 Å². The van der Waals surface area contributed by atoms with Gasteiger partial charge >= 0.3 is 0 Å². The Labute approximate surface area is 80.3 Å². The van der Waals surface area contributed by atoms with Gasteiger partial charge in [0.15, 0.2) is 0 Å². The Balaban J connectivity index is 2.51. The fourth-order valence-corrected chi connectivity index (χ4v) is 1.54. The Hall–Kier alpha value is -0.150. The van der Waals surface area contributed by atoms with Crippen LogP contribution in [0.25, 0.3) is 0 Å². The molecule has 0 saturated heterocycles. The van der Waals surface area contributed by atoms with Gasteiger partial charge in [-0.1, -0.05) is 6.92 Å². The molecule has 1 aliphatic carbocycles. The van der Waals surface area contributed by atoms with Crippen molar-refractivity contribution in [2.45, 2.75) is 44.7 Å². The van der Waals surface area contributed by atoms with E-state index in [1.165, 1.54) is 0 Å². The molecule has 0 bridgehead atoms. The van der Waals surface area contributed by atoms with Crippen LogP contribution in [0, 0.1) is 0 Å². The fourth-order valence-electron chi connectivity index (χ4n) is 1.54. The molecular weight excluding hydrogens is 167 g/mol. The Morgan fingerprint density at radius 3 is 2.31 bits per heavy atom. The maximum absolute atomic E-state index is 12.7. The average molecular weight is 188 g/mol. The second-order valence-corrected chi connectivity index (χ2v) is 4.82. The van der Waals surface area contributed by atoms with Crippen molar-refractivity contribution in [3.8, 4) is 0 Å². The summed E-state index contributed by atoms with van der Waals surface area (Å²) < 4.78 is 12.7. The van der Waals surface area contributed by atoms with Gasteiger partial charge in [-0.15, -0.1) is 0 Å². The first kappa shape index (κ1) is 10.9. The summed E-state index contributed by atoms with van der Waals surface area (Å²) in [5.74, 6) is 0. The molecule has 1 aliphatic rings. The van der Waals surface area contributed by atoms with Crippen molar-refractivity contribution in [3.05, 3.63) is 0 Å². The number of nitrogens with two attached hydrogens (primary N) is 1. The first-order valence-electron chi connectivity index (χ1n) is 5.03. The van der Waals surface area contributed by atoms with Crippen LogP contribution in [-0.2, 0) is 0 Å². The standard InChI is InChI=1S/C10H21FN2/c1-4-13(9(2,3)7-11)8-10(12)5-6-10/h4-8,12H2,1-3H3. The highest BCUT2D eigenvalue weighted by atomic mass is 19.1. The number of alkyl halides is 1. The van der Waals surface area contributed by atoms with E-state index in [-0.39, 0.29) is 17.8 Å². The molecule has 1 fully saturated rings. The molecule has 2 N–H and O–H groups in total. The molecule has 1 rings (SSSR count). The van der Waals surface area contributed by atoms with Gasteiger partial charge in [-0.2, -0.15) is 0 Å². The third-order valence-electron chi connectivity index (χ3n) is 2.96. The lowest BCUT2D eigenvalue weighted by atomic mass is 10.0. The molecule has 0 aromatic heterocycles. The van der Waals surface area contributed by atoms with Crippen LogP contribution in [-0.4, -0.2) is 35.7 Å². The summed E-state index contributed by atoms with van der Waals surface area (Å²) in [6.07, 6.45) is 2.18. The topological polar surface area (TPSA) is 29.3 Å². The molecule has 0 radical (unpaired) electrons. The second-order valence-electron chi connectivity index (χ2n) is 4.82. The molecule has 78 valence electrons. The molecule has 13 heavy (non-hydrogen) atoms. The van der Waals surface area contributed by atoms with Crippen LogP contribution < -0.4 is 5.73 Å². The summed E-state index contributed by atoms with van der Waals surface area (Å²) in [5.41, 5.74) is 5.64. The van der Waals surface area contributed by atoms with Gasteiger partial charge in [0.05, 0.1) is 0 Å². The predicted octanol–water partition coefficient (Wildman–Crippen LogP) is 1.55. The molecule has 0 aliphatic heterocycles. The predicted molar refractivity (Wildman–Crippen MR) is 53.5 cm³/mol. The molecule has 0 aromatic carbocycles. The van der Waals surface area contributed by atoms with Crippen LogP contribution in [0.2, 0.25) is 0 Å². The molecule has 2 nitrogen and oxygen atoms in total. The molecule has 3 heteroatoms. The molecule has 0 aromatic rings. The number of nitrogens with zero attached hydrogens (tertiary/aromatic N) is 1. The molecule has 0 spiro atoms. The van der Waals surface area contributed by atoms with Gasteiger partial charge in [0, 0.05) is 17.6 Å². The lowest BCUT2D eigenvalue weighted by molar-refractivity contribution is 0.0883. The number of likely N-dealkylation sites (N-methyl/N-ethyl adjacent to an activating group) is 1. The Bertz CT molecular complexity index is 176. The third-order valence-corrected chi connectivity index (χ3v) is 2.96. The number of hydrogen-bond donors (Lipinski definition) is 1. The number of halogens is 1. The molecule has 1 saturated carbocycles. The first-order valence-corrected chi connectivity index (χ1v) is 5.03. The summed E-state index contributed by atoms with van der Waals surface area (Å²) in [5, 5.41) is 0. The minimum Gasteiger partial charge on any atom is -0.324 e. The normalized spacial score (nSPS) is 20.8. The Morgan fingerprint density at radius 2 is 2.00 bits per heavy atom. The molecule has 0 heterocycles. The summed E-state index contributed by atoms with van der Waals surface area (Å²) in [4.78, 5) is 2.14. The zero-order valence-electron chi connectivity index (χ0n) is 8.94. The van der Waals surface area contributed by atoms with Crippen molar-refractivity contribution in [1.29, 1.82) is 0 Å². The Morgan fingerprint density at radius 1 is 1.46 bits per heavy atom. The van der Waals surface area contributed by atoms with Crippen LogP contribution in [0.15, 0.2) is 0 Å². The lowest BCUT2D eigenvalue weighted by Crippen LogP contribution is -2.51. The van der Waals surface area contributed by atoms with E-state index in [1.54, 1.807) is 0 Å². The summed E-state index contributed by atoms with van der Waals surface area (Å²) in [7, 11) is 0. The highest BCUT2D eigenvalue weighted by Crippen LogP contribution is 2.34. The maximum atomic E-state index is 12.7. The minimum atomic E-state index is -0.357. The van der Waals surface area contributed by atoms with Gasteiger partial charge in [0.2, 0.25) is 0 Å². The molecule has 0 atom stereocenters. The smallest absolute Gasteiger partial charge is 0.107 e. The number of hydrogen-bond acceptors (Lipinski definition) is 2. The van der Waals surface area contributed by atoms with Crippen LogP contribution >= 0.6 is 0 Å². The zero-order valence-corrected chi connectivity index (χ0v) is 8.94. The van der Waals surface area contributed by atoms with Crippen LogP contribution in [0.3, 0.4) is 0 Å². The summed E-state index contributed by atoms with van der Waals surface area (Å²) >= 11 is 0. The van der Waals surface area contributed by atoms with Crippen molar-refractivity contribution in [3.63, 3.8) is 0 Å². The van der Waals surface area contributed by atoms with E-state index in [9.17, 15) is 4.39 Å². The van der Waals surface area contributed by atoms with Gasteiger partial charge in [-0.05, 0) is 33.2 Å². The van der Waals surface area contributed by atoms with E-state index in [1.807, 2.05) is 13.8 Å². The van der Waals surface area contributed by atoms with Gasteiger partial charge in [-0.3, -0.25) is 4.90 Å². The molecular formula is C10H21FN2. The third kappa shape index (κ3) is 2.64. The average Bonchev–Trinajstić information content (AvgIpc) is 2.80. The van der Waals surface area contributed by atoms with Gasteiger partial charge in [-0.25, -0.2) is 4.39 Å². The highest BCUT2D eigenvalue weighted by molar-refractivity contribution is 5.02. The van der Waals surface area contributed by atoms with E-state index in [4.69, 9.17) is 5.73 Å². The largest absolute Gasteiger partial charge is 0.324 e. The maximum Gasteiger partial charge on any atom is 0.107 e. The summed E-state index contributed by atoms with van der Waals surface area (Å²) in [6.45, 7) is 7.32. The first-order chi connectivity index (χ1) is 5.93. The van der Waals surface area contributed by atoms with E-state index in [0.717, 1.165) is 25.9 Å². The zero-order chi connectivity index (χ0) is 10.1. The van der Waals surface area contributed by atoms with E-state index < -0.39 is 0 Å². The highest BCUT2D eigenvalue weighted by Gasteiger charge is 2.42. The quantitative estimate of drug-likeness (QED) is 0.709. The monoisotopic (exact) mass is 188 g/mol. The van der Waals surface area contributed by atoms with Crippen LogP contribution in [0.1, 0.15) is 33.6 Å². The summed E-state index contributed by atoms with van der Waals surface area (Å²) in [6, 6.07) is 0. The van der Waals surface area contributed by atoms with Gasteiger partial charge in [0.1, 0.15) is 6.67 Å². The van der Waals surface area contributed by atoms with Crippen LogP contribution in [0.4, 0.5) is 4.39 Å². The van der Waals surface area contributed by atoms with Crippen molar-refractivity contribution < 1.29 is 4.39 Å². The van der Waals surface area contributed by atoms with E-state index >= 15 is 0 Å². The van der Waals surface area contributed by atoms with Gasteiger partial charge in [0.25, 0.3) is 0 Å². The molecule has 0 amide bonds. The fraction of sp³-hybridized carbons (Fsp3) is 1.00. The SMILES string of the molecule is CCN(CC1(N)CC1)C(C)(C)CF. The molecule has 0 unspecified atom stereocenters. The van der Waals surface area contributed by atoms with E-state index in [2.05, 4.69) is 11.8 Å². The van der Waals surface area contributed by atoms with Crippen molar-refractivity contribution >= 4 is 0 Å². The van der Waals surface area contributed by atoms with Gasteiger partial charge < -0.3 is 5.73 Å². The van der Waals surface area contributed by atoms with Crippen molar-refractivity contribution in [1.82, 2.24) is 4.90 Å². The van der Waals surface area contributed by atoms with E-state index in [0.29, 0.717) is 0 Å². The van der Waals surface area contributed by atoms with Crippen molar-refractivity contribution in [2.24, 2.45) is 5.73 Å². The Kier molecular flexibility index (Phi) is 2.98. The lowest BCUT2D eigenvalue weighted by Gasteiger charge is -2.37. The number of rotatable bonds is 5. The van der Waals surface area contributed by atoms with Crippen molar-refractivity contribution in [2.75, 3.05) is 19.8 Å². The minimum absolute atomic E-state index is 0.0115. The second kappa shape index (κ2) is 3.54.